The molecule has 4 heteroatoms. The Morgan fingerprint density at radius 3 is 1.33 bits per heavy atom. The molecule has 12 aromatic carbocycles. The molecule has 0 saturated heterocycles. The van der Waals surface area contributed by atoms with Gasteiger partial charge in [-0.2, -0.15) is 0 Å². The molecule has 0 saturated carbocycles. The Morgan fingerprint density at radius 2 is 0.810 bits per heavy atom. The molecule has 0 spiro atoms. The number of hydrogen-bond donors (Lipinski definition) is 0. The van der Waals surface area contributed by atoms with Gasteiger partial charge in [0.1, 0.15) is 5.58 Å². The third kappa shape index (κ3) is 7.70. The molecule has 0 aliphatic heterocycles. The zero-order chi connectivity index (χ0) is 52.9. The van der Waals surface area contributed by atoms with E-state index in [1.54, 1.807) is 0 Å². The fraction of sp³-hybridized carbons (Fsp3) is 0.0400. The van der Waals surface area contributed by atoms with Crippen molar-refractivity contribution in [3.63, 3.8) is 0 Å². The van der Waals surface area contributed by atoms with E-state index < -0.39 is 13.5 Å². The van der Waals surface area contributed by atoms with Crippen LogP contribution in [0.5, 0.6) is 0 Å². The van der Waals surface area contributed by atoms with E-state index in [0.717, 1.165) is 56.1 Å². The van der Waals surface area contributed by atoms with Gasteiger partial charge in [-0.3, -0.25) is 0 Å². The van der Waals surface area contributed by atoms with Crippen molar-refractivity contribution in [2.24, 2.45) is 0 Å². The number of benzene rings is 12. The summed E-state index contributed by atoms with van der Waals surface area (Å²) in [5, 5.41) is 7.52. The maximum atomic E-state index is 7.28. The van der Waals surface area contributed by atoms with Crippen molar-refractivity contribution < 1.29 is 4.42 Å². The maximum absolute atomic E-state index is 7.28. The van der Waals surface area contributed by atoms with Gasteiger partial charge in [0.05, 0.1) is 11.1 Å². The lowest BCUT2D eigenvalue weighted by atomic mass is 9.66. The Labute approximate surface area is 463 Å². The molecule has 79 heavy (non-hydrogen) atoms. The van der Waals surface area contributed by atoms with Gasteiger partial charge in [0, 0.05) is 39.2 Å². The molecule has 376 valence electrons. The average molecular weight is 1030 g/mol. The molecule has 0 radical (unpaired) electrons. The van der Waals surface area contributed by atoms with Crippen molar-refractivity contribution in [3.05, 3.63) is 337 Å². The fourth-order valence-corrected chi connectivity index (χ4v) is 17.8. The summed E-state index contributed by atoms with van der Waals surface area (Å²) in [5.41, 5.74) is 16.8. The van der Waals surface area contributed by atoms with E-state index in [0.29, 0.717) is 0 Å². The molecular formula is C75H56N2OSi. The number of aryl methyl sites for hydroxylation is 2. The minimum Gasteiger partial charge on any atom is -0.454 e. The fourth-order valence-electron chi connectivity index (χ4n) is 13.1. The molecule has 1 atom stereocenters. The van der Waals surface area contributed by atoms with Gasteiger partial charge in [-0.05, 0) is 146 Å². The second-order valence-corrected chi connectivity index (χ2v) is 24.7. The molecule has 3 nitrogen and oxygen atoms in total. The third-order valence-corrected chi connectivity index (χ3v) is 21.2. The first kappa shape index (κ1) is 47.7. The topological polar surface area (TPSA) is 19.6 Å². The predicted molar refractivity (Wildman–Crippen MR) is 333 cm³/mol. The highest BCUT2D eigenvalue weighted by Crippen LogP contribution is 2.62. The smallest absolute Gasteiger partial charge is 0.179 e. The van der Waals surface area contributed by atoms with Crippen LogP contribution in [0.25, 0.3) is 33.1 Å². The van der Waals surface area contributed by atoms with Crippen LogP contribution in [-0.4, -0.2) is 8.07 Å². The van der Waals surface area contributed by atoms with Crippen molar-refractivity contribution in [2.45, 2.75) is 19.3 Å². The zero-order valence-corrected chi connectivity index (χ0v) is 45.2. The summed E-state index contributed by atoms with van der Waals surface area (Å²) in [7, 11) is -2.91. The van der Waals surface area contributed by atoms with Crippen LogP contribution in [0.1, 0.15) is 33.4 Å². The van der Waals surface area contributed by atoms with E-state index in [2.05, 4.69) is 327 Å². The van der Waals surface area contributed by atoms with Crippen LogP contribution in [0.3, 0.4) is 0 Å². The van der Waals surface area contributed by atoms with Crippen molar-refractivity contribution >= 4 is 84.9 Å². The number of nitrogens with zero attached hydrogens (tertiary/aromatic N) is 2. The lowest BCUT2D eigenvalue weighted by Crippen LogP contribution is -2.74. The highest BCUT2D eigenvalue weighted by Gasteiger charge is 2.50. The Balaban J connectivity index is 1.14. The van der Waals surface area contributed by atoms with Crippen molar-refractivity contribution in [2.75, 3.05) is 9.80 Å². The van der Waals surface area contributed by atoms with Crippen LogP contribution < -0.4 is 30.5 Å². The van der Waals surface area contributed by atoms with Gasteiger partial charge < -0.3 is 14.2 Å². The SMILES string of the molecule is Cc1ccc(C)c(C2(c3ccc([Si](c4ccccc4)(c4ccccc4)c4ccccc4)cc3)c3cc(N(c4ccccc4)c4ccccc4)ccc3-c3c2cc(N(c2ccccc2)c2ccccc2)c2oc4ccccc4c32)c1. The number of rotatable bonds is 12. The average Bonchev–Trinajstić information content (AvgIpc) is 3.36. The minimum absolute atomic E-state index is 0.842. The molecule has 14 rings (SSSR count). The molecule has 1 heterocycles. The molecule has 0 fully saturated rings. The zero-order valence-electron chi connectivity index (χ0n) is 44.2. The molecule has 1 aliphatic rings. The first-order valence-corrected chi connectivity index (χ1v) is 29.3. The summed E-state index contributed by atoms with van der Waals surface area (Å²) < 4.78 is 7.28. The Morgan fingerprint density at radius 1 is 0.354 bits per heavy atom. The second-order valence-electron chi connectivity index (χ2n) is 20.9. The highest BCUT2D eigenvalue weighted by atomic mass is 28.3. The summed E-state index contributed by atoms with van der Waals surface area (Å²) in [6, 6.07) is 112. The van der Waals surface area contributed by atoms with E-state index in [1.165, 1.54) is 65.3 Å². The molecule has 0 amide bonds. The summed E-state index contributed by atoms with van der Waals surface area (Å²) >= 11 is 0. The number of para-hydroxylation sites is 5. The first-order valence-electron chi connectivity index (χ1n) is 27.3. The standard InChI is InChI=1S/C75H56N2OSi/c1-53-42-43-54(2)67(50-53)75(55-44-47-64(48-45-55)79(61-34-18-7-19-35-61,62-36-20-8-21-37-62)63-38-22-9-23-39-63)68-51-60(76(56-26-10-3-11-27-56)57-28-12-4-13-29-57)46-49-65(68)72-69(75)52-70(74-73(72)66-40-24-25-41-71(66)78-74)77(58-30-14-5-15-31-58)59-32-16-6-17-33-59/h3-52H,1-2H3. The number of furan rings is 1. The Kier molecular flexibility index (Phi) is 11.9. The summed E-state index contributed by atoms with van der Waals surface area (Å²) in [4.78, 5) is 4.79. The Bertz CT molecular complexity index is 4130. The lowest BCUT2D eigenvalue weighted by Gasteiger charge is -2.38. The summed E-state index contributed by atoms with van der Waals surface area (Å²) in [6.07, 6.45) is 0. The van der Waals surface area contributed by atoms with E-state index in [9.17, 15) is 0 Å². The van der Waals surface area contributed by atoms with Crippen molar-refractivity contribution in [1.82, 2.24) is 0 Å². The van der Waals surface area contributed by atoms with Gasteiger partial charge in [-0.15, -0.1) is 0 Å². The largest absolute Gasteiger partial charge is 0.454 e. The van der Waals surface area contributed by atoms with Crippen LogP contribution >= 0.6 is 0 Å². The highest BCUT2D eigenvalue weighted by molar-refractivity contribution is 7.19. The molecule has 1 unspecified atom stereocenters. The first-order chi connectivity index (χ1) is 39.0. The monoisotopic (exact) mass is 1030 g/mol. The molecule has 0 bridgehead atoms. The number of anilines is 6. The number of fused-ring (bicyclic) bond motifs is 7. The minimum atomic E-state index is -2.91. The van der Waals surface area contributed by atoms with E-state index in [1.807, 2.05) is 0 Å². The van der Waals surface area contributed by atoms with Gasteiger partial charge in [0.2, 0.25) is 0 Å². The molecular weight excluding hydrogens is 973 g/mol. The van der Waals surface area contributed by atoms with Crippen molar-refractivity contribution in [1.29, 1.82) is 0 Å². The van der Waals surface area contributed by atoms with Crippen LogP contribution in [-0.2, 0) is 5.41 Å². The summed E-state index contributed by atoms with van der Waals surface area (Å²) in [6.45, 7) is 4.54. The van der Waals surface area contributed by atoms with Gasteiger partial charge in [0.15, 0.2) is 13.7 Å². The van der Waals surface area contributed by atoms with Crippen molar-refractivity contribution in [3.8, 4) is 11.1 Å². The van der Waals surface area contributed by atoms with Gasteiger partial charge in [-0.25, -0.2) is 0 Å². The second kappa shape index (κ2) is 19.7. The van der Waals surface area contributed by atoms with Crippen LogP contribution in [0, 0.1) is 13.8 Å². The van der Waals surface area contributed by atoms with Crippen LogP contribution in [0.15, 0.2) is 308 Å². The van der Waals surface area contributed by atoms with Gasteiger partial charge in [-0.1, -0.05) is 236 Å². The maximum Gasteiger partial charge on any atom is 0.179 e. The van der Waals surface area contributed by atoms with Gasteiger partial charge in [0.25, 0.3) is 0 Å². The quantitative estimate of drug-likeness (QED) is 0.0898. The molecule has 0 N–H and O–H groups in total. The third-order valence-electron chi connectivity index (χ3n) is 16.4. The van der Waals surface area contributed by atoms with Crippen LogP contribution in [0.2, 0.25) is 0 Å². The van der Waals surface area contributed by atoms with Gasteiger partial charge >= 0.3 is 0 Å². The predicted octanol–water partition coefficient (Wildman–Crippen LogP) is 16.9. The Hall–Kier alpha value is -9.74. The lowest BCUT2D eigenvalue weighted by molar-refractivity contribution is 0.668. The normalized spacial score (nSPS) is 13.7. The molecule has 13 aromatic rings. The summed E-state index contributed by atoms with van der Waals surface area (Å²) in [5.74, 6) is 0. The molecule has 1 aromatic heterocycles. The number of hydrogen-bond acceptors (Lipinski definition) is 3. The van der Waals surface area contributed by atoms with E-state index in [4.69, 9.17) is 4.42 Å². The van der Waals surface area contributed by atoms with E-state index >= 15 is 0 Å². The molecule has 1 aliphatic carbocycles. The van der Waals surface area contributed by atoms with E-state index in [-0.39, 0.29) is 0 Å². The van der Waals surface area contributed by atoms with Crippen LogP contribution in [0.4, 0.5) is 34.1 Å².